The van der Waals surface area contributed by atoms with Crippen LogP contribution in [0.5, 0.6) is 0 Å². The molecule has 1 aliphatic heterocycles. The van der Waals surface area contributed by atoms with Crippen LogP contribution >= 0.6 is 0 Å². The zero-order valence-electron chi connectivity index (χ0n) is 13.6. The Hall–Kier alpha value is -1.16. The van der Waals surface area contributed by atoms with Crippen molar-refractivity contribution in [3.8, 4) is 6.07 Å². The summed E-state index contributed by atoms with van der Waals surface area (Å²) in [6.07, 6.45) is 7.35. The van der Waals surface area contributed by atoms with Crippen molar-refractivity contribution in [3.63, 3.8) is 0 Å². The van der Waals surface area contributed by atoms with Gasteiger partial charge in [0.2, 0.25) is 5.91 Å². The summed E-state index contributed by atoms with van der Waals surface area (Å²) in [6, 6.07) is 1.92. The van der Waals surface area contributed by atoms with Gasteiger partial charge in [-0.25, -0.2) is 5.01 Å². The van der Waals surface area contributed by atoms with Gasteiger partial charge in [-0.15, -0.1) is 0 Å². The van der Waals surface area contributed by atoms with Crippen molar-refractivity contribution < 1.29 is 9.90 Å². The van der Waals surface area contributed by atoms with E-state index in [2.05, 4.69) is 6.07 Å². The van der Waals surface area contributed by atoms with E-state index in [0.29, 0.717) is 24.8 Å². The minimum atomic E-state index is -0.576. The Morgan fingerprint density at radius 1 is 1.35 bits per heavy atom. The first-order chi connectivity index (χ1) is 10.9. The molecule has 126 valence electrons. The van der Waals surface area contributed by atoms with Gasteiger partial charge in [-0.3, -0.25) is 10.6 Å². The van der Waals surface area contributed by atoms with Crippen LogP contribution in [0.2, 0.25) is 0 Å². The minimum absolute atomic E-state index is 0.0423. The molecule has 5 fully saturated rings. The number of amides is 1. The van der Waals surface area contributed by atoms with Crippen molar-refractivity contribution in [2.24, 2.45) is 17.7 Å². The van der Waals surface area contributed by atoms with Crippen LogP contribution in [0.4, 0.5) is 0 Å². The monoisotopic (exact) mass is 318 g/mol. The summed E-state index contributed by atoms with van der Waals surface area (Å²) in [5.74, 6) is 7.42. The predicted molar refractivity (Wildman–Crippen MR) is 83.6 cm³/mol. The molecule has 6 nitrogen and oxygen atoms in total. The Kier molecular flexibility index (Phi) is 3.45. The Balaban J connectivity index is 1.48. The zero-order valence-corrected chi connectivity index (χ0v) is 13.6. The van der Waals surface area contributed by atoms with Gasteiger partial charge < -0.3 is 10.0 Å². The van der Waals surface area contributed by atoms with Gasteiger partial charge in [0.05, 0.1) is 18.2 Å². The number of nitrogens with zero attached hydrogens (tertiary/aromatic N) is 3. The molecule has 4 saturated carbocycles. The Labute approximate surface area is 137 Å². The molecule has 3 atom stereocenters. The lowest BCUT2D eigenvalue weighted by atomic mass is 9.51. The number of carbonyl (C=O) groups is 1. The molecule has 1 amide bonds. The van der Waals surface area contributed by atoms with E-state index in [1.54, 1.807) is 9.91 Å². The van der Waals surface area contributed by atoms with Crippen LogP contribution in [0.25, 0.3) is 0 Å². The van der Waals surface area contributed by atoms with Crippen molar-refractivity contribution in [1.29, 1.82) is 5.26 Å². The summed E-state index contributed by atoms with van der Waals surface area (Å²) >= 11 is 0. The number of hydrogen-bond donors (Lipinski definition) is 2. The summed E-state index contributed by atoms with van der Waals surface area (Å²) in [5, 5.41) is 21.7. The smallest absolute Gasteiger partial charge is 0.239 e. The highest BCUT2D eigenvalue weighted by Crippen LogP contribution is 2.58. The maximum Gasteiger partial charge on any atom is 0.239 e. The van der Waals surface area contributed by atoms with Gasteiger partial charge in [0.1, 0.15) is 6.04 Å². The molecule has 6 heteroatoms. The quantitative estimate of drug-likeness (QED) is 0.592. The van der Waals surface area contributed by atoms with Crippen molar-refractivity contribution in [1.82, 2.24) is 9.91 Å². The number of hydrogen-bond acceptors (Lipinski definition) is 5. The molecule has 0 radical (unpaired) electrons. The maximum atomic E-state index is 12.6. The first-order valence-electron chi connectivity index (χ1n) is 8.87. The Bertz CT molecular complexity index is 543. The largest absolute Gasteiger partial charge is 0.390 e. The average molecular weight is 318 g/mol. The molecule has 0 aromatic heterocycles. The summed E-state index contributed by atoms with van der Waals surface area (Å²) in [7, 11) is 0. The van der Waals surface area contributed by atoms with Crippen LogP contribution in [0.3, 0.4) is 0 Å². The van der Waals surface area contributed by atoms with E-state index in [1.165, 1.54) is 6.42 Å². The van der Waals surface area contributed by atoms with Gasteiger partial charge in [0.25, 0.3) is 0 Å². The second kappa shape index (κ2) is 5.17. The summed E-state index contributed by atoms with van der Waals surface area (Å²) < 4.78 is 0. The van der Waals surface area contributed by atoms with E-state index in [-0.39, 0.29) is 24.0 Å². The topological polar surface area (TPSA) is 93.6 Å². The van der Waals surface area contributed by atoms with Gasteiger partial charge in [0, 0.05) is 12.1 Å². The summed E-state index contributed by atoms with van der Waals surface area (Å²) in [4.78, 5) is 14.3. The van der Waals surface area contributed by atoms with Crippen molar-refractivity contribution in [3.05, 3.63) is 0 Å². The predicted octanol–water partition coefficient (Wildman–Crippen LogP) is 0.760. The van der Waals surface area contributed by atoms with E-state index in [0.717, 1.165) is 38.5 Å². The van der Waals surface area contributed by atoms with E-state index in [4.69, 9.17) is 11.1 Å². The van der Waals surface area contributed by atoms with Crippen LogP contribution in [0.15, 0.2) is 0 Å². The lowest BCUT2D eigenvalue weighted by Gasteiger charge is -2.62. The number of nitriles is 1. The number of carbonyl (C=O) groups excluding carboxylic acids is 1. The van der Waals surface area contributed by atoms with Gasteiger partial charge in [-0.1, -0.05) is 0 Å². The first kappa shape index (κ1) is 15.4. The third-order valence-corrected chi connectivity index (χ3v) is 6.64. The fourth-order valence-corrected chi connectivity index (χ4v) is 6.11. The summed E-state index contributed by atoms with van der Waals surface area (Å²) in [6.45, 7) is 0.820. The number of aliphatic hydroxyl groups is 1. The molecule has 0 spiro atoms. The Morgan fingerprint density at radius 2 is 2.04 bits per heavy atom. The maximum absolute atomic E-state index is 12.6. The van der Waals surface area contributed by atoms with Crippen molar-refractivity contribution >= 4 is 5.91 Å². The van der Waals surface area contributed by atoms with Crippen LogP contribution in [0, 0.1) is 23.2 Å². The molecule has 1 saturated heterocycles. The van der Waals surface area contributed by atoms with Crippen LogP contribution in [0.1, 0.15) is 51.4 Å². The lowest BCUT2D eigenvalue weighted by molar-refractivity contribution is -0.179. The molecule has 1 heterocycles. The third kappa shape index (κ3) is 2.46. The van der Waals surface area contributed by atoms with Crippen LogP contribution in [-0.4, -0.2) is 51.2 Å². The van der Waals surface area contributed by atoms with Crippen LogP contribution in [-0.2, 0) is 4.79 Å². The number of likely N-dealkylation sites (tertiary alicyclic amines) is 1. The molecule has 2 unspecified atom stereocenters. The molecule has 4 bridgehead atoms. The third-order valence-electron chi connectivity index (χ3n) is 6.64. The average Bonchev–Trinajstić information content (AvgIpc) is 2.93. The van der Waals surface area contributed by atoms with Gasteiger partial charge in [0.15, 0.2) is 0 Å². The standard InChI is InChI=1S/C17H26N4O2/c18-9-14-2-1-3-20(14)15(22)10-21(19)16-5-12-4-13(6-16)8-17(23,7-12)11-16/h12-14,23H,1-8,10-11,19H2/t12?,13?,14-,16?,17?/m0/s1. The second-order valence-electron chi connectivity index (χ2n) is 8.41. The fourth-order valence-electron chi connectivity index (χ4n) is 6.11. The minimum Gasteiger partial charge on any atom is -0.390 e. The molecular weight excluding hydrogens is 292 g/mol. The highest BCUT2D eigenvalue weighted by atomic mass is 16.3. The second-order valence-corrected chi connectivity index (χ2v) is 8.41. The number of hydrazine groups is 1. The highest BCUT2D eigenvalue weighted by Gasteiger charge is 2.59. The number of nitrogens with two attached hydrogens (primary N) is 1. The number of rotatable bonds is 3. The normalized spacial score (nSPS) is 44.8. The van der Waals surface area contributed by atoms with Gasteiger partial charge in [-0.05, 0) is 63.2 Å². The Morgan fingerprint density at radius 3 is 2.65 bits per heavy atom. The zero-order chi connectivity index (χ0) is 16.2. The molecule has 0 aromatic rings. The van der Waals surface area contributed by atoms with Gasteiger partial charge in [-0.2, -0.15) is 5.26 Å². The van der Waals surface area contributed by atoms with Gasteiger partial charge >= 0.3 is 0 Å². The molecule has 23 heavy (non-hydrogen) atoms. The van der Waals surface area contributed by atoms with E-state index in [1.807, 2.05) is 0 Å². The van der Waals surface area contributed by atoms with E-state index >= 15 is 0 Å². The molecule has 5 rings (SSSR count). The molecular formula is C17H26N4O2. The van der Waals surface area contributed by atoms with E-state index in [9.17, 15) is 9.90 Å². The SMILES string of the molecule is N#C[C@@H]1CCCN1C(=O)CN(N)C12CC3CC(CC(O)(C3)C1)C2. The van der Waals surface area contributed by atoms with E-state index < -0.39 is 5.60 Å². The first-order valence-corrected chi connectivity index (χ1v) is 8.87. The fraction of sp³-hybridized carbons (Fsp3) is 0.882. The molecule has 0 aromatic carbocycles. The highest BCUT2D eigenvalue weighted by molar-refractivity contribution is 5.79. The molecule has 3 N–H and O–H groups in total. The van der Waals surface area contributed by atoms with Crippen molar-refractivity contribution in [2.75, 3.05) is 13.1 Å². The molecule has 5 aliphatic rings. The van der Waals surface area contributed by atoms with Crippen LogP contribution < -0.4 is 5.84 Å². The molecule has 4 aliphatic carbocycles. The lowest BCUT2D eigenvalue weighted by Crippen LogP contribution is -2.68. The van der Waals surface area contributed by atoms with Crippen molar-refractivity contribution in [2.45, 2.75) is 68.5 Å². The summed E-state index contributed by atoms with van der Waals surface area (Å²) in [5.41, 5.74) is -0.802.